The van der Waals surface area contributed by atoms with Gasteiger partial charge >= 0.3 is 0 Å². The minimum Gasteiger partial charge on any atom is -0.416 e. The van der Waals surface area contributed by atoms with Gasteiger partial charge in [0.1, 0.15) is 0 Å². The van der Waals surface area contributed by atoms with Crippen LogP contribution in [0.3, 0.4) is 0 Å². The topological polar surface area (TPSA) is 85.8 Å². The van der Waals surface area contributed by atoms with E-state index in [1.54, 1.807) is 0 Å². The lowest BCUT2D eigenvalue weighted by Crippen LogP contribution is -2.16. The molecule has 10 rings (SSSR count). The Morgan fingerprint density at radius 3 is 1.65 bits per heavy atom. The lowest BCUT2D eigenvalue weighted by Gasteiger charge is -2.25. The highest BCUT2D eigenvalue weighted by Gasteiger charge is 2.25. The fourth-order valence-corrected chi connectivity index (χ4v) is 7.16. The number of benzene rings is 7. The predicted octanol–water partition coefficient (Wildman–Crippen LogP) is 11.5. The van der Waals surface area contributed by atoms with Crippen molar-refractivity contribution in [3.63, 3.8) is 0 Å². The molecule has 0 saturated carbocycles. The Balaban J connectivity index is 1.15. The highest BCUT2D eigenvalue weighted by Crippen LogP contribution is 2.42. The summed E-state index contributed by atoms with van der Waals surface area (Å²) < 4.78 is 8.95. The molecule has 0 aliphatic heterocycles. The maximum atomic E-state index is 6.68. The number of nitrogens with zero attached hydrogens (tertiary/aromatic N) is 7. The van der Waals surface area contributed by atoms with E-state index in [-0.39, 0.29) is 0 Å². The third-order valence-corrected chi connectivity index (χ3v) is 9.64. The van der Waals surface area contributed by atoms with Gasteiger partial charge < -0.3 is 8.98 Å². The van der Waals surface area contributed by atoms with E-state index in [2.05, 4.69) is 69.4 Å². The Hall–Kier alpha value is -7.71. The molecule has 260 valence electrons. The zero-order chi connectivity index (χ0) is 36.6. The summed E-state index contributed by atoms with van der Waals surface area (Å²) in [5.74, 6) is 2.35. The molecule has 0 amide bonds. The summed E-state index contributed by atoms with van der Waals surface area (Å²) in [6.45, 7) is 0. The van der Waals surface area contributed by atoms with Crippen LogP contribution in [0.2, 0.25) is 0 Å². The van der Waals surface area contributed by atoms with Gasteiger partial charge in [0.25, 0.3) is 0 Å². The van der Waals surface area contributed by atoms with Crippen molar-refractivity contribution >= 4 is 39.1 Å². The summed E-state index contributed by atoms with van der Waals surface area (Å²) in [7, 11) is 0. The molecule has 55 heavy (non-hydrogen) atoms. The summed E-state index contributed by atoms with van der Waals surface area (Å²) in [6.07, 6.45) is 0. The summed E-state index contributed by atoms with van der Waals surface area (Å²) in [6, 6.07) is 63.0. The average molecular weight is 710 g/mol. The predicted molar refractivity (Wildman–Crippen MR) is 218 cm³/mol. The van der Waals surface area contributed by atoms with Crippen molar-refractivity contribution in [1.82, 2.24) is 29.7 Å². The molecular weight excluding hydrogens is 679 g/mol. The zero-order valence-electron chi connectivity index (χ0n) is 29.4. The monoisotopic (exact) mass is 709 g/mol. The molecule has 0 aliphatic rings. The third-order valence-electron chi connectivity index (χ3n) is 9.64. The van der Waals surface area contributed by atoms with E-state index >= 15 is 0 Å². The number of rotatable bonds is 8. The van der Waals surface area contributed by atoms with Gasteiger partial charge in [-0.1, -0.05) is 140 Å². The van der Waals surface area contributed by atoms with Crippen LogP contribution in [-0.4, -0.2) is 29.7 Å². The number of anilines is 3. The van der Waals surface area contributed by atoms with Crippen LogP contribution in [0.1, 0.15) is 0 Å². The lowest BCUT2D eigenvalue weighted by atomic mass is 10.1. The molecule has 0 aliphatic carbocycles. The second kappa shape index (κ2) is 13.7. The number of fused-ring (bicyclic) bond motifs is 3. The lowest BCUT2D eigenvalue weighted by molar-refractivity contribution is 0.585. The SMILES string of the molecule is c1ccc(-c2nc(-c3ccccc3)nc(N(c3ccccc3)c3ccccc3-c3nnc(-c4cccc5c6ccccc6n(-c6ccccc6)c45)o3)n2)cc1. The van der Waals surface area contributed by atoms with Crippen LogP contribution in [0.5, 0.6) is 0 Å². The molecule has 3 aromatic heterocycles. The van der Waals surface area contributed by atoms with E-state index in [1.807, 2.05) is 138 Å². The van der Waals surface area contributed by atoms with E-state index < -0.39 is 0 Å². The zero-order valence-corrected chi connectivity index (χ0v) is 29.4. The van der Waals surface area contributed by atoms with Crippen molar-refractivity contribution in [2.45, 2.75) is 0 Å². The van der Waals surface area contributed by atoms with Crippen molar-refractivity contribution in [1.29, 1.82) is 0 Å². The molecule has 0 N–H and O–H groups in total. The van der Waals surface area contributed by atoms with Crippen molar-refractivity contribution in [3.8, 4) is 51.4 Å². The van der Waals surface area contributed by atoms with E-state index in [4.69, 9.17) is 19.4 Å². The quantitative estimate of drug-likeness (QED) is 0.155. The average Bonchev–Trinajstić information content (AvgIpc) is 3.89. The number of aromatic nitrogens is 6. The third kappa shape index (κ3) is 5.78. The highest BCUT2D eigenvalue weighted by atomic mass is 16.4. The first kappa shape index (κ1) is 32.0. The Morgan fingerprint density at radius 2 is 0.964 bits per heavy atom. The van der Waals surface area contributed by atoms with E-state index in [1.165, 1.54) is 0 Å². The molecule has 0 atom stereocenters. The van der Waals surface area contributed by atoms with Gasteiger partial charge in [-0.3, -0.25) is 4.90 Å². The standard InChI is InChI=1S/C47H31N7O/c1-5-18-32(19-6-1)43-48-44(33-20-7-2-8-21-33)50-47(49-43)54(35-24-11-4-12-25-35)41-31-16-14-27-38(41)45-51-52-46(55-45)39-29-17-28-37-36-26-13-15-30-40(36)53(42(37)39)34-22-9-3-10-23-34/h1-31H. The molecule has 0 radical (unpaired) electrons. The molecule has 7 aromatic carbocycles. The first-order chi connectivity index (χ1) is 27.3. The summed E-state index contributed by atoms with van der Waals surface area (Å²) in [4.78, 5) is 17.2. The van der Waals surface area contributed by atoms with Crippen LogP contribution in [0.25, 0.3) is 73.2 Å². The maximum Gasteiger partial charge on any atom is 0.250 e. The van der Waals surface area contributed by atoms with E-state index in [0.29, 0.717) is 29.4 Å². The molecule has 0 fully saturated rings. The Bertz CT molecular complexity index is 2870. The molecule has 8 heteroatoms. The minimum absolute atomic E-state index is 0.367. The minimum atomic E-state index is 0.367. The number of hydrogen-bond acceptors (Lipinski definition) is 7. The smallest absolute Gasteiger partial charge is 0.250 e. The Morgan fingerprint density at radius 1 is 0.436 bits per heavy atom. The van der Waals surface area contributed by atoms with Crippen LogP contribution in [-0.2, 0) is 0 Å². The Kier molecular flexibility index (Phi) is 7.96. The van der Waals surface area contributed by atoms with Gasteiger partial charge in [0, 0.05) is 33.3 Å². The first-order valence-electron chi connectivity index (χ1n) is 18.0. The van der Waals surface area contributed by atoms with Crippen LogP contribution < -0.4 is 4.90 Å². The van der Waals surface area contributed by atoms with Gasteiger partial charge in [-0.25, -0.2) is 4.98 Å². The molecule has 10 aromatic rings. The van der Waals surface area contributed by atoms with Gasteiger partial charge in [-0.2, -0.15) is 9.97 Å². The maximum absolute atomic E-state index is 6.68. The van der Waals surface area contributed by atoms with Crippen molar-refractivity contribution in [3.05, 3.63) is 188 Å². The van der Waals surface area contributed by atoms with Gasteiger partial charge in [0.05, 0.1) is 27.8 Å². The first-order valence-corrected chi connectivity index (χ1v) is 18.0. The van der Waals surface area contributed by atoms with Crippen molar-refractivity contribution in [2.24, 2.45) is 0 Å². The largest absolute Gasteiger partial charge is 0.416 e. The van der Waals surface area contributed by atoms with Crippen molar-refractivity contribution < 1.29 is 4.42 Å². The molecule has 0 spiro atoms. The van der Waals surface area contributed by atoms with Crippen LogP contribution in [0, 0.1) is 0 Å². The fourth-order valence-electron chi connectivity index (χ4n) is 7.16. The summed E-state index contributed by atoms with van der Waals surface area (Å²) >= 11 is 0. The summed E-state index contributed by atoms with van der Waals surface area (Å²) in [5, 5.41) is 11.6. The molecule has 8 nitrogen and oxygen atoms in total. The van der Waals surface area contributed by atoms with Gasteiger partial charge in [-0.05, 0) is 48.5 Å². The normalized spacial score (nSPS) is 11.3. The summed E-state index contributed by atoms with van der Waals surface area (Å²) in [5.41, 5.74) is 8.10. The van der Waals surface area contributed by atoms with Gasteiger partial charge in [0.2, 0.25) is 17.7 Å². The van der Waals surface area contributed by atoms with Gasteiger partial charge in [-0.15, -0.1) is 10.2 Å². The molecule has 0 bridgehead atoms. The van der Waals surface area contributed by atoms with E-state index in [9.17, 15) is 0 Å². The second-order valence-corrected chi connectivity index (χ2v) is 13.0. The molecule has 0 saturated heterocycles. The van der Waals surface area contributed by atoms with Gasteiger partial charge in [0.15, 0.2) is 11.6 Å². The number of hydrogen-bond donors (Lipinski definition) is 0. The van der Waals surface area contributed by atoms with Crippen molar-refractivity contribution in [2.75, 3.05) is 4.90 Å². The molecule has 0 unspecified atom stereocenters. The second-order valence-electron chi connectivity index (χ2n) is 13.0. The molecule has 3 heterocycles. The fraction of sp³-hybridized carbons (Fsp3) is 0. The highest BCUT2D eigenvalue weighted by molar-refractivity contribution is 6.13. The molecular formula is C47H31N7O. The van der Waals surface area contributed by atoms with Crippen LogP contribution in [0.15, 0.2) is 192 Å². The van der Waals surface area contributed by atoms with Crippen LogP contribution >= 0.6 is 0 Å². The van der Waals surface area contributed by atoms with E-state index in [0.717, 1.165) is 61.1 Å². The number of para-hydroxylation sites is 5. The Labute approximate surface area is 316 Å². The van der Waals surface area contributed by atoms with Crippen LogP contribution in [0.4, 0.5) is 17.3 Å².